The number of benzene rings is 1. The molecule has 0 saturated heterocycles. The normalized spacial score (nSPS) is 10.5. The van der Waals surface area contributed by atoms with E-state index in [1.54, 1.807) is 6.92 Å². The minimum atomic E-state index is -0.877. The summed E-state index contributed by atoms with van der Waals surface area (Å²) in [6.07, 6.45) is 1.09. The Balaban J connectivity index is 1.80. The van der Waals surface area contributed by atoms with Crippen LogP contribution in [0, 0.1) is 6.92 Å². The van der Waals surface area contributed by atoms with Crippen molar-refractivity contribution in [3.05, 3.63) is 47.3 Å². The van der Waals surface area contributed by atoms with Crippen molar-refractivity contribution >= 4 is 11.9 Å². The molecule has 7 nitrogen and oxygen atoms in total. The molecule has 0 aliphatic rings. The number of aryl methyl sites for hydroxylation is 1. The van der Waals surface area contributed by atoms with Gasteiger partial charge in [-0.2, -0.15) is 0 Å². The van der Waals surface area contributed by atoms with E-state index < -0.39 is 5.97 Å². The zero-order valence-corrected chi connectivity index (χ0v) is 13.0. The van der Waals surface area contributed by atoms with Gasteiger partial charge in [0.25, 0.3) is 0 Å². The highest BCUT2D eigenvalue weighted by Crippen LogP contribution is 2.06. The zero-order valence-electron chi connectivity index (χ0n) is 13.0. The van der Waals surface area contributed by atoms with E-state index in [1.165, 1.54) is 10.2 Å². The van der Waals surface area contributed by atoms with Crippen molar-refractivity contribution in [2.45, 2.75) is 32.7 Å². The fourth-order valence-corrected chi connectivity index (χ4v) is 2.19. The zero-order chi connectivity index (χ0) is 16.7. The molecule has 1 aromatic heterocycles. The van der Waals surface area contributed by atoms with Crippen LogP contribution in [0.25, 0.3) is 0 Å². The van der Waals surface area contributed by atoms with Crippen molar-refractivity contribution in [2.75, 3.05) is 6.54 Å². The Morgan fingerprint density at radius 2 is 1.96 bits per heavy atom. The molecule has 2 rings (SSSR count). The molecule has 7 heteroatoms. The molecule has 2 aromatic rings. The van der Waals surface area contributed by atoms with E-state index in [9.17, 15) is 9.59 Å². The van der Waals surface area contributed by atoms with Crippen LogP contribution in [0.3, 0.4) is 0 Å². The Bertz CT molecular complexity index is 667. The monoisotopic (exact) mass is 316 g/mol. The van der Waals surface area contributed by atoms with Crippen molar-refractivity contribution in [3.63, 3.8) is 0 Å². The van der Waals surface area contributed by atoms with Crippen molar-refractivity contribution in [3.8, 4) is 0 Å². The van der Waals surface area contributed by atoms with Crippen molar-refractivity contribution < 1.29 is 14.7 Å². The largest absolute Gasteiger partial charge is 0.481 e. The number of carboxylic acids is 1. The molecule has 0 fully saturated rings. The Labute approximate surface area is 134 Å². The summed E-state index contributed by atoms with van der Waals surface area (Å²) in [6, 6.07) is 9.92. The van der Waals surface area contributed by atoms with Gasteiger partial charge in [0.15, 0.2) is 0 Å². The molecule has 0 saturated carbocycles. The van der Waals surface area contributed by atoms with E-state index in [0.29, 0.717) is 18.7 Å². The number of hydrogen-bond donors (Lipinski definition) is 2. The summed E-state index contributed by atoms with van der Waals surface area (Å²) < 4.78 is 1.50. The highest BCUT2D eigenvalue weighted by molar-refractivity contribution is 5.75. The first kappa shape index (κ1) is 16.7. The molecule has 1 aromatic carbocycles. The Kier molecular flexibility index (Phi) is 5.85. The number of carbonyl (C=O) groups is 2. The summed E-state index contributed by atoms with van der Waals surface area (Å²) in [5.74, 6) is -1.02. The number of nitrogens with one attached hydrogen (secondary N) is 1. The highest BCUT2D eigenvalue weighted by Gasteiger charge is 2.12. The second-order valence-electron chi connectivity index (χ2n) is 5.26. The summed E-state index contributed by atoms with van der Waals surface area (Å²) in [5.41, 5.74) is 2.51. The number of aromatic nitrogens is 3. The first-order valence-corrected chi connectivity index (χ1v) is 7.47. The van der Waals surface area contributed by atoms with Crippen LogP contribution in [0.2, 0.25) is 0 Å². The van der Waals surface area contributed by atoms with Crippen molar-refractivity contribution in [1.82, 2.24) is 20.3 Å². The van der Waals surface area contributed by atoms with Crippen LogP contribution < -0.4 is 5.32 Å². The van der Waals surface area contributed by atoms with Crippen LogP contribution in [-0.2, 0) is 29.0 Å². The van der Waals surface area contributed by atoms with Gasteiger partial charge in [-0.05, 0) is 18.9 Å². The average Bonchev–Trinajstić information content (AvgIpc) is 2.87. The van der Waals surface area contributed by atoms with E-state index in [4.69, 9.17) is 5.11 Å². The highest BCUT2D eigenvalue weighted by atomic mass is 16.4. The molecule has 2 N–H and O–H groups in total. The van der Waals surface area contributed by atoms with Crippen LogP contribution >= 0.6 is 0 Å². The third-order valence-corrected chi connectivity index (χ3v) is 3.53. The lowest BCUT2D eigenvalue weighted by atomic mass is 10.1. The van der Waals surface area contributed by atoms with Gasteiger partial charge >= 0.3 is 5.97 Å². The van der Waals surface area contributed by atoms with Crippen LogP contribution in [0.4, 0.5) is 0 Å². The Hall–Kier alpha value is -2.70. The van der Waals surface area contributed by atoms with Gasteiger partial charge in [0, 0.05) is 13.0 Å². The summed E-state index contributed by atoms with van der Waals surface area (Å²) in [7, 11) is 0. The summed E-state index contributed by atoms with van der Waals surface area (Å²) in [6.45, 7) is 2.43. The van der Waals surface area contributed by atoms with Crippen LogP contribution in [0.5, 0.6) is 0 Å². The number of amides is 1. The molecular formula is C16H20N4O3. The standard InChI is InChI=1S/C16H20N4O3/c1-12-14(7-8-16(22)23)18-19-20(12)11-15(21)17-10-9-13-5-3-2-4-6-13/h2-6H,7-11H2,1H3,(H,17,21)(H,22,23). The number of hydrogen-bond acceptors (Lipinski definition) is 4. The summed E-state index contributed by atoms with van der Waals surface area (Å²) >= 11 is 0. The lowest BCUT2D eigenvalue weighted by molar-refractivity contribution is -0.137. The maximum Gasteiger partial charge on any atom is 0.303 e. The number of carbonyl (C=O) groups excluding carboxylic acids is 1. The number of nitrogens with zero attached hydrogens (tertiary/aromatic N) is 3. The quantitative estimate of drug-likeness (QED) is 0.756. The number of carboxylic acid groups (broad SMARTS) is 1. The second kappa shape index (κ2) is 8.07. The molecule has 1 amide bonds. The van der Waals surface area contributed by atoms with Gasteiger partial charge in [0.2, 0.25) is 5.91 Å². The molecule has 0 atom stereocenters. The maximum absolute atomic E-state index is 11.9. The molecule has 0 aliphatic heterocycles. The second-order valence-corrected chi connectivity index (χ2v) is 5.26. The molecule has 0 aliphatic carbocycles. The van der Waals surface area contributed by atoms with E-state index in [0.717, 1.165) is 12.1 Å². The van der Waals surface area contributed by atoms with Crippen molar-refractivity contribution in [1.29, 1.82) is 0 Å². The summed E-state index contributed by atoms with van der Waals surface area (Å²) in [5, 5.41) is 19.4. The van der Waals surface area contributed by atoms with Gasteiger partial charge < -0.3 is 10.4 Å². The molecular weight excluding hydrogens is 296 g/mol. The fourth-order valence-electron chi connectivity index (χ4n) is 2.19. The van der Waals surface area contributed by atoms with Gasteiger partial charge in [-0.1, -0.05) is 35.5 Å². The van der Waals surface area contributed by atoms with Gasteiger partial charge in [-0.25, -0.2) is 4.68 Å². The van der Waals surface area contributed by atoms with E-state index >= 15 is 0 Å². The first-order valence-electron chi connectivity index (χ1n) is 7.47. The smallest absolute Gasteiger partial charge is 0.303 e. The minimum Gasteiger partial charge on any atom is -0.481 e. The van der Waals surface area contributed by atoms with E-state index in [2.05, 4.69) is 15.6 Å². The number of aliphatic carboxylic acids is 1. The third-order valence-electron chi connectivity index (χ3n) is 3.53. The average molecular weight is 316 g/mol. The molecule has 0 spiro atoms. The molecule has 0 unspecified atom stereocenters. The van der Waals surface area contributed by atoms with Crippen molar-refractivity contribution in [2.24, 2.45) is 0 Å². The fraction of sp³-hybridized carbons (Fsp3) is 0.375. The first-order chi connectivity index (χ1) is 11.1. The van der Waals surface area contributed by atoms with Gasteiger partial charge in [-0.15, -0.1) is 5.10 Å². The molecule has 0 bridgehead atoms. The van der Waals surface area contributed by atoms with Crippen LogP contribution in [0.1, 0.15) is 23.4 Å². The SMILES string of the molecule is Cc1c(CCC(=O)O)nnn1CC(=O)NCCc1ccccc1. The Morgan fingerprint density at radius 1 is 1.22 bits per heavy atom. The van der Waals surface area contributed by atoms with Gasteiger partial charge in [0.1, 0.15) is 6.54 Å². The molecule has 1 heterocycles. The molecule has 23 heavy (non-hydrogen) atoms. The lowest BCUT2D eigenvalue weighted by Gasteiger charge is -2.06. The predicted octanol–water partition coefficient (Wildman–Crippen LogP) is 0.963. The van der Waals surface area contributed by atoms with Crippen LogP contribution in [-0.4, -0.2) is 38.5 Å². The predicted molar refractivity (Wildman–Crippen MR) is 83.9 cm³/mol. The number of rotatable bonds is 8. The summed E-state index contributed by atoms with van der Waals surface area (Å²) in [4.78, 5) is 22.5. The van der Waals surface area contributed by atoms with E-state index in [1.807, 2.05) is 30.3 Å². The van der Waals surface area contributed by atoms with E-state index in [-0.39, 0.29) is 18.9 Å². The third kappa shape index (κ3) is 5.21. The van der Waals surface area contributed by atoms with Crippen LogP contribution in [0.15, 0.2) is 30.3 Å². The maximum atomic E-state index is 11.9. The minimum absolute atomic E-state index is 0.00278. The van der Waals surface area contributed by atoms with Gasteiger partial charge in [-0.3, -0.25) is 9.59 Å². The van der Waals surface area contributed by atoms with Gasteiger partial charge in [0.05, 0.1) is 17.8 Å². The lowest BCUT2D eigenvalue weighted by Crippen LogP contribution is -2.30. The Morgan fingerprint density at radius 3 is 2.65 bits per heavy atom. The molecule has 0 radical (unpaired) electrons. The topological polar surface area (TPSA) is 97.1 Å². The molecule has 122 valence electrons.